The first-order valence-electron chi connectivity index (χ1n) is 7.18. The number of anilines is 1. The first-order valence-corrected chi connectivity index (χ1v) is 8.66. The number of hydrogen-bond acceptors (Lipinski definition) is 4. The number of methoxy groups -OCH3 is 1. The number of benzene rings is 2. The molecule has 3 rings (SSSR count). The van der Waals surface area contributed by atoms with Crippen LogP contribution in [0.5, 0.6) is 5.75 Å². The zero-order chi connectivity index (χ0) is 16.5. The minimum atomic E-state index is -3.65. The van der Waals surface area contributed by atoms with Crippen LogP contribution in [-0.2, 0) is 15.4 Å². The van der Waals surface area contributed by atoms with Crippen molar-refractivity contribution in [2.75, 3.05) is 11.8 Å². The van der Waals surface area contributed by atoms with Crippen molar-refractivity contribution in [2.45, 2.75) is 23.2 Å². The number of nitrogens with one attached hydrogen (secondary N) is 1. The molecule has 6 heteroatoms. The first-order chi connectivity index (χ1) is 11.0. The highest BCUT2D eigenvalue weighted by atomic mass is 32.2. The summed E-state index contributed by atoms with van der Waals surface area (Å²) in [5, 5.41) is 9.19. The SMILES string of the molecule is COc1ccc(S(=O)(=O)Nc2ccc(C3(C#N)CC3)cc2)cc1. The summed E-state index contributed by atoms with van der Waals surface area (Å²) in [7, 11) is -2.12. The van der Waals surface area contributed by atoms with E-state index < -0.39 is 10.0 Å². The number of ether oxygens (including phenoxy) is 1. The molecule has 0 radical (unpaired) electrons. The molecule has 1 aliphatic rings. The predicted molar refractivity (Wildman–Crippen MR) is 86.8 cm³/mol. The Morgan fingerprint density at radius 2 is 1.70 bits per heavy atom. The highest BCUT2D eigenvalue weighted by Gasteiger charge is 2.44. The van der Waals surface area contributed by atoms with E-state index in [2.05, 4.69) is 10.8 Å². The molecule has 0 saturated heterocycles. The second-order valence-electron chi connectivity index (χ2n) is 5.55. The average molecular weight is 328 g/mol. The van der Waals surface area contributed by atoms with E-state index in [1.54, 1.807) is 24.3 Å². The Labute approximate surface area is 135 Å². The monoisotopic (exact) mass is 328 g/mol. The van der Waals surface area contributed by atoms with E-state index in [4.69, 9.17) is 4.74 Å². The van der Waals surface area contributed by atoms with E-state index in [-0.39, 0.29) is 10.3 Å². The normalized spacial score (nSPS) is 15.5. The summed E-state index contributed by atoms with van der Waals surface area (Å²) in [6.07, 6.45) is 1.72. The molecular weight excluding hydrogens is 312 g/mol. The highest BCUT2D eigenvalue weighted by molar-refractivity contribution is 7.92. The van der Waals surface area contributed by atoms with Crippen LogP contribution in [0.2, 0.25) is 0 Å². The smallest absolute Gasteiger partial charge is 0.261 e. The van der Waals surface area contributed by atoms with E-state index in [9.17, 15) is 13.7 Å². The topological polar surface area (TPSA) is 79.2 Å². The molecule has 0 spiro atoms. The molecule has 1 aliphatic carbocycles. The van der Waals surface area contributed by atoms with Crippen molar-refractivity contribution in [2.24, 2.45) is 0 Å². The fourth-order valence-electron chi connectivity index (χ4n) is 2.42. The van der Waals surface area contributed by atoms with Crippen LogP contribution in [0.3, 0.4) is 0 Å². The van der Waals surface area contributed by atoms with E-state index in [0.29, 0.717) is 11.4 Å². The van der Waals surface area contributed by atoms with Crippen molar-refractivity contribution >= 4 is 15.7 Å². The second kappa shape index (κ2) is 5.60. The van der Waals surface area contributed by atoms with Gasteiger partial charge in [0, 0.05) is 5.69 Å². The van der Waals surface area contributed by atoms with Gasteiger partial charge in [0.05, 0.1) is 23.5 Å². The molecule has 23 heavy (non-hydrogen) atoms. The summed E-state index contributed by atoms with van der Waals surface area (Å²) in [4.78, 5) is 0.165. The molecule has 5 nitrogen and oxygen atoms in total. The molecule has 0 aromatic heterocycles. The van der Waals surface area contributed by atoms with Crippen LogP contribution >= 0.6 is 0 Å². The van der Waals surface area contributed by atoms with Crippen molar-refractivity contribution < 1.29 is 13.2 Å². The average Bonchev–Trinajstić information content (AvgIpc) is 3.36. The van der Waals surface area contributed by atoms with Crippen LogP contribution in [0.1, 0.15) is 18.4 Å². The Morgan fingerprint density at radius 1 is 1.09 bits per heavy atom. The van der Waals surface area contributed by atoms with Gasteiger partial charge < -0.3 is 4.74 Å². The molecule has 0 heterocycles. The zero-order valence-electron chi connectivity index (χ0n) is 12.6. The third-order valence-electron chi connectivity index (χ3n) is 4.02. The molecule has 2 aromatic rings. The standard InChI is InChI=1S/C17H16N2O3S/c1-22-15-6-8-16(9-7-15)23(20,21)19-14-4-2-13(3-5-14)17(12-18)10-11-17/h2-9,19H,10-11H2,1H3. The third kappa shape index (κ3) is 3.01. The van der Waals surface area contributed by atoms with Gasteiger partial charge >= 0.3 is 0 Å². The molecule has 2 aromatic carbocycles. The largest absolute Gasteiger partial charge is 0.497 e. The molecule has 1 N–H and O–H groups in total. The third-order valence-corrected chi connectivity index (χ3v) is 5.42. The maximum absolute atomic E-state index is 12.3. The molecule has 0 atom stereocenters. The van der Waals surface area contributed by atoms with Gasteiger partial charge in [-0.15, -0.1) is 0 Å². The highest BCUT2D eigenvalue weighted by Crippen LogP contribution is 2.47. The van der Waals surface area contributed by atoms with Gasteiger partial charge in [0.1, 0.15) is 5.75 Å². The lowest BCUT2D eigenvalue weighted by molar-refractivity contribution is 0.414. The Balaban J connectivity index is 1.79. The van der Waals surface area contributed by atoms with Gasteiger partial charge in [0.2, 0.25) is 0 Å². The van der Waals surface area contributed by atoms with E-state index in [1.807, 2.05) is 12.1 Å². The lowest BCUT2D eigenvalue weighted by Crippen LogP contribution is -2.13. The first kappa shape index (κ1) is 15.4. The molecule has 0 amide bonds. The second-order valence-corrected chi connectivity index (χ2v) is 7.23. The van der Waals surface area contributed by atoms with Crippen LogP contribution in [0.4, 0.5) is 5.69 Å². The van der Waals surface area contributed by atoms with Gasteiger partial charge in [-0.1, -0.05) is 12.1 Å². The van der Waals surface area contributed by atoms with Crippen molar-refractivity contribution in [3.8, 4) is 11.8 Å². The molecule has 0 bridgehead atoms. The number of rotatable bonds is 5. The fourth-order valence-corrected chi connectivity index (χ4v) is 3.47. The quantitative estimate of drug-likeness (QED) is 0.915. The van der Waals surface area contributed by atoms with Crippen molar-refractivity contribution in [1.29, 1.82) is 5.26 Å². The molecule has 0 aliphatic heterocycles. The summed E-state index contributed by atoms with van der Waals surface area (Å²) in [5.74, 6) is 0.597. The van der Waals surface area contributed by atoms with Crippen molar-refractivity contribution in [3.05, 3.63) is 54.1 Å². The van der Waals surface area contributed by atoms with Crippen molar-refractivity contribution in [3.63, 3.8) is 0 Å². The minimum absolute atomic E-state index is 0.165. The van der Waals surface area contributed by atoms with Gasteiger partial charge in [-0.25, -0.2) is 8.42 Å². The maximum atomic E-state index is 12.3. The molecule has 1 saturated carbocycles. The number of sulfonamides is 1. The summed E-state index contributed by atoms with van der Waals surface area (Å²) in [5.41, 5.74) is 1.04. The van der Waals surface area contributed by atoms with Crippen LogP contribution in [0.15, 0.2) is 53.4 Å². The van der Waals surface area contributed by atoms with E-state index in [1.165, 1.54) is 19.2 Å². The Morgan fingerprint density at radius 3 is 2.17 bits per heavy atom. The van der Waals surface area contributed by atoms with Crippen LogP contribution in [0, 0.1) is 11.3 Å². The van der Waals surface area contributed by atoms with Gasteiger partial charge in [-0.05, 0) is 54.8 Å². The van der Waals surface area contributed by atoms with E-state index >= 15 is 0 Å². The summed E-state index contributed by atoms with van der Waals surface area (Å²) in [6, 6.07) is 15.5. The van der Waals surface area contributed by atoms with Gasteiger partial charge in [-0.2, -0.15) is 5.26 Å². The van der Waals surface area contributed by atoms with E-state index in [0.717, 1.165) is 18.4 Å². The summed E-state index contributed by atoms with van der Waals surface area (Å²) in [6.45, 7) is 0. The zero-order valence-corrected chi connectivity index (χ0v) is 13.4. The maximum Gasteiger partial charge on any atom is 0.261 e. The number of hydrogen-bond donors (Lipinski definition) is 1. The van der Waals surface area contributed by atoms with Crippen LogP contribution < -0.4 is 9.46 Å². The predicted octanol–water partition coefficient (Wildman–Crippen LogP) is 3.05. The van der Waals surface area contributed by atoms with Crippen molar-refractivity contribution in [1.82, 2.24) is 0 Å². The van der Waals surface area contributed by atoms with Crippen LogP contribution in [-0.4, -0.2) is 15.5 Å². The minimum Gasteiger partial charge on any atom is -0.497 e. The number of nitriles is 1. The Bertz CT molecular complexity index is 846. The lowest BCUT2D eigenvalue weighted by Gasteiger charge is -2.11. The van der Waals surface area contributed by atoms with Crippen LogP contribution in [0.25, 0.3) is 0 Å². The number of nitrogens with zero attached hydrogens (tertiary/aromatic N) is 1. The molecule has 1 fully saturated rings. The lowest BCUT2D eigenvalue weighted by atomic mass is 9.98. The molecule has 0 unspecified atom stereocenters. The van der Waals surface area contributed by atoms with Gasteiger partial charge in [0.15, 0.2) is 0 Å². The Kier molecular flexibility index (Phi) is 3.74. The summed E-state index contributed by atoms with van der Waals surface area (Å²) < 4.78 is 32.3. The van der Waals surface area contributed by atoms with Gasteiger partial charge in [0.25, 0.3) is 10.0 Å². The summed E-state index contributed by atoms with van der Waals surface area (Å²) >= 11 is 0. The molecular formula is C17H16N2O3S. The molecule has 118 valence electrons. The Hall–Kier alpha value is -2.52. The van der Waals surface area contributed by atoms with Gasteiger partial charge in [-0.3, -0.25) is 4.72 Å². The fraction of sp³-hybridized carbons (Fsp3) is 0.235.